The van der Waals surface area contributed by atoms with Crippen molar-refractivity contribution < 1.29 is 4.74 Å². The van der Waals surface area contributed by atoms with Crippen molar-refractivity contribution >= 4 is 12.1 Å². The van der Waals surface area contributed by atoms with Gasteiger partial charge < -0.3 is 4.74 Å². The van der Waals surface area contributed by atoms with Crippen molar-refractivity contribution in [3.8, 4) is 0 Å². The average molecular weight is 141 g/mol. The summed E-state index contributed by atoms with van der Waals surface area (Å²) in [5, 5.41) is 5.92. The summed E-state index contributed by atoms with van der Waals surface area (Å²) in [4.78, 5) is 4.03. The van der Waals surface area contributed by atoms with Gasteiger partial charge in [0.15, 0.2) is 5.84 Å². The van der Waals surface area contributed by atoms with Crippen molar-refractivity contribution in [2.24, 2.45) is 10.1 Å². The Kier molecular flexibility index (Phi) is 2.39. The van der Waals surface area contributed by atoms with E-state index in [1.165, 1.54) is 0 Å². The number of amidine groups is 1. The molecule has 0 fully saturated rings. The van der Waals surface area contributed by atoms with Crippen LogP contribution in [0.2, 0.25) is 0 Å². The lowest BCUT2D eigenvalue weighted by Crippen LogP contribution is -2.22. The minimum absolute atomic E-state index is 0.487. The van der Waals surface area contributed by atoms with Crippen LogP contribution in [0.25, 0.3) is 0 Å². The molecule has 0 saturated heterocycles. The molecule has 0 spiro atoms. The van der Waals surface area contributed by atoms with E-state index in [2.05, 4.69) is 10.1 Å². The third kappa shape index (κ3) is 1.80. The number of hydrogen-bond acceptors (Lipinski definition) is 4. The van der Waals surface area contributed by atoms with Crippen LogP contribution in [0.5, 0.6) is 0 Å². The Morgan fingerprint density at radius 3 is 3.20 bits per heavy atom. The summed E-state index contributed by atoms with van der Waals surface area (Å²) in [6.45, 7) is 1.27. The number of rotatable bonds is 2. The Labute approximate surface area is 60.2 Å². The van der Waals surface area contributed by atoms with Gasteiger partial charge in [0.2, 0.25) is 0 Å². The molecule has 4 nitrogen and oxygen atoms in total. The highest BCUT2D eigenvalue weighted by Crippen LogP contribution is 1.92. The maximum atomic E-state index is 4.86. The summed E-state index contributed by atoms with van der Waals surface area (Å²) in [6, 6.07) is 0. The predicted octanol–water partition coefficient (Wildman–Crippen LogP) is -0.0375. The first-order valence-electron chi connectivity index (χ1n) is 3.13. The van der Waals surface area contributed by atoms with Crippen LogP contribution in [0.4, 0.5) is 0 Å². The Bertz CT molecular complexity index is 164. The maximum Gasteiger partial charge on any atom is 0.173 e. The van der Waals surface area contributed by atoms with Gasteiger partial charge in [0.25, 0.3) is 0 Å². The Hall–Kier alpha value is -0.900. The molecule has 0 N–H and O–H groups in total. The molecule has 10 heavy (non-hydrogen) atoms. The minimum atomic E-state index is 0.487. The molecule has 0 radical (unpaired) electrons. The highest BCUT2D eigenvalue weighted by molar-refractivity contribution is 5.91. The van der Waals surface area contributed by atoms with Crippen LogP contribution in [-0.2, 0) is 4.74 Å². The largest absolute Gasteiger partial charge is 0.377 e. The highest BCUT2D eigenvalue weighted by atomic mass is 16.5. The predicted molar refractivity (Wildman–Crippen MR) is 40.4 cm³/mol. The van der Waals surface area contributed by atoms with Crippen LogP contribution in [0.15, 0.2) is 10.1 Å². The first kappa shape index (κ1) is 7.21. The van der Waals surface area contributed by atoms with Gasteiger partial charge in [-0.3, -0.25) is 5.01 Å². The number of aliphatic imine (C=N–C) groups is 1. The number of ether oxygens (including phenoxy) is 1. The second-order valence-corrected chi connectivity index (χ2v) is 2.10. The van der Waals surface area contributed by atoms with E-state index in [9.17, 15) is 0 Å². The van der Waals surface area contributed by atoms with Gasteiger partial charge in [0.05, 0.1) is 6.54 Å². The topological polar surface area (TPSA) is 37.2 Å². The average Bonchev–Trinajstić information content (AvgIpc) is 1.88. The summed E-state index contributed by atoms with van der Waals surface area (Å²) >= 11 is 0. The van der Waals surface area contributed by atoms with Gasteiger partial charge in [0.1, 0.15) is 6.61 Å². The third-order valence-corrected chi connectivity index (χ3v) is 1.15. The highest BCUT2D eigenvalue weighted by Gasteiger charge is 2.01. The number of methoxy groups -OCH3 is 1. The molecule has 0 saturated carbocycles. The fourth-order valence-corrected chi connectivity index (χ4v) is 0.723. The van der Waals surface area contributed by atoms with Gasteiger partial charge in [-0.15, -0.1) is 0 Å². The summed E-state index contributed by atoms with van der Waals surface area (Å²) in [5.41, 5.74) is 0. The van der Waals surface area contributed by atoms with Gasteiger partial charge in [-0.05, 0) is 0 Å². The van der Waals surface area contributed by atoms with Crippen LogP contribution in [0.3, 0.4) is 0 Å². The summed E-state index contributed by atoms with van der Waals surface area (Å²) in [6.07, 6.45) is 1.82. The van der Waals surface area contributed by atoms with Crippen molar-refractivity contribution in [1.82, 2.24) is 5.01 Å². The van der Waals surface area contributed by atoms with Crippen LogP contribution in [0.1, 0.15) is 0 Å². The lowest BCUT2D eigenvalue weighted by Gasteiger charge is -2.14. The second-order valence-electron chi connectivity index (χ2n) is 2.10. The second kappa shape index (κ2) is 3.31. The molecular formula is C6H11N3O. The zero-order valence-corrected chi connectivity index (χ0v) is 6.24. The van der Waals surface area contributed by atoms with Gasteiger partial charge in [0, 0.05) is 20.4 Å². The van der Waals surface area contributed by atoms with E-state index in [-0.39, 0.29) is 0 Å². The van der Waals surface area contributed by atoms with E-state index < -0.39 is 0 Å². The first-order valence-corrected chi connectivity index (χ1v) is 3.13. The molecule has 4 heteroatoms. The number of hydrogen-bond donors (Lipinski definition) is 0. The molecule has 0 aromatic rings. The SMILES string of the molecule is COCC1=NN(C)CC=N1. The summed E-state index contributed by atoms with van der Waals surface area (Å²) < 4.78 is 4.86. The van der Waals surface area contributed by atoms with Crippen LogP contribution in [-0.4, -0.2) is 44.4 Å². The van der Waals surface area contributed by atoms with Crippen LogP contribution >= 0.6 is 0 Å². The molecule has 0 atom stereocenters. The van der Waals surface area contributed by atoms with Crippen molar-refractivity contribution in [1.29, 1.82) is 0 Å². The summed E-state index contributed by atoms with van der Waals surface area (Å²) in [7, 11) is 3.54. The lowest BCUT2D eigenvalue weighted by atomic mass is 10.5. The molecule has 0 aromatic heterocycles. The van der Waals surface area contributed by atoms with Crippen molar-refractivity contribution in [2.45, 2.75) is 0 Å². The quantitative estimate of drug-likeness (QED) is 0.541. The number of hydrazone groups is 1. The molecule has 1 rings (SSSR count). The Morgan fingerprint density at radius 2 is 2.60 bits per heavy atom. The Balaban J connectivity index is 2.49. The monoisotopic (exact) mass is 141 g/mol. The standard InChI is InChI=1S/C6H11N3O/c1-9-4-3-7-6(8-9)5-10-2/h3H,4-5H2,1-2H3. The molecule has 56 valence electrons. The first-order chi connectivity index (χ1) is 4.83. The van der Waals surface area contributed by atoms with Crippen molar-refractivity contribution in [2.75, 3.05) is 27.3 Å². The van der Waals surface area contributed by atoms with Gasteiger partial charge in [-0.1, -0.05) is 0 Å². The lowest BCUT2D eigenvalue weighted by molar-refractivity contribution is 0.241. The third-order valence-electron chi connectivity index (χ3n) is 1.15. The van der Waals surface area contributed by atoms with E-state index in [0.29, 0.717) is 6.61 Å². The molecule has 0 aliphatic carbocycles. The van der Waals surface area contributed by atoms with Crippen LogP contribution < -0.4 is 0 Å². The minimum Gasteiger partial charge on any atom is -0.377 e. The Morgan fingerprint density at radius 1 is 1.80 bits per heavy atom. The zero-order valence-electron chi connectivity index (χ0n) is 6.24. The van der Waals surface area contributed by atoms with Crippen LogP contribution in [0, 0.1) is 0 Å². The van der Waals surface area contributed by atoms with Gasteiger partial charge >= 0.3 is 0 Å². The molecular weight excluding hydrogens is 130 g/mol. The van der Waals surface area contributed by atoms with Crippen molar-refractivity contribution in [3.63, 3.8) is 0 Å². The maximum absolute atomic E-state index is 4.86. The van der Waals surface area contributed by atoms with E-state index >= 15 is 0 Å². The van der Waals surface area contributed by atoms with E-state index in [1.54, 1.807) is 7.11 Å². The fraction of sp³-hybridized carbons (Fsp3) is 0.667. The molecule has 0 aromatic carbocycles. The van der Waals surface area contributed by atoms with Gasteiger partial charge in [-0.25, -0.2) is 4.99 Å². The van der Waals surface area contributed by atoms with Crippen molar-refractivity contribution in [3.05, 3.63) is 0 Å². The molecule has 1 aliphatic rings. The van der Waals surface area contributed by atoms with E-state index in [0.717, 1.165) is 12.4 Å². The molecule has 1 aliphatic heterocycles. The summed E-state index contributed by atoms with van der Waals surface area (Å²) in [5.74, 6) is 0.733. The number of nitrogens with zero attached hydrogens (tertiary/aromatic N) is 3. The molecule has 0 unspecified atom stereocenters. The normalized spacial score (nSPS) is 17.4. The smallest absolute Gasteiger partial charge is 0.173 e. The zero-order chi connectivity index (χ0) is 7.40. The molecule has 0 bridgehead atoms. The van der Waals surface area contributed by atoms with E-state index in [1.807, 2.05) is 18.3 Å². The fourth-order valence-electron chi connectivity index (χ4n) is 0.723. The molecule has 1 heterocycles. The van der Waals surface area contributed by atoms with Gasteiger partial charge in [-0.2, -0.15) is 5.10 Å². The molecule has 0 amide bonds. The van der Waals surface area contributed by atoms with E-state index in [4.69, 9.17) is 4.74 Å².